The lowest BCUT2D eigenvalue weighted by Crippen LogP contribution is -2.10. The molecule has 6 nitrogen and oxygen atoms in total. The molecule has 7 heteroatoms. The van der Waals surface area contributed by atoms with Crippen LogP contribution in [0.25, 0.3) is 5.69 Å². The molecule has 0 unspecified atom stereocenters. The lowest BCUT2D eigenvalue weighted by Gasteiger charge is -2.10. The summed E-state index contributed by atoms with van der Waals surface area (Å²) in [5, 5.41) is 8.94. The number of nitrogens with two attached hydrogens (primary N) is 1. The van der Waals surface area contributed by atoms with Gasteiger partial charge in [-0.2, -0.15) is 0 Å². The Hall–Kier alpha value is -2.80. The molecule has 2 aromatic carbocycles. The molecule has 1 heterocycles. The van der Waals surface area contributed by atoms with Gasteiger partial charge < -0.3 is 10.5 Å². The van der Waals surface area contributed by atoms with Crippen molar-refractivity contribution in [3.8, 4) is 11.4 Å². The van der Waals surface area contributed by atoms with E-state index in [1.807, 2.05) is 41.0 Å². The number of carbonyl (C=O) groups excluding carboxylic acids is 1. The topological polar surface area (TPSA) is 83.0 Å². The first-order valence-electron chi connectivity index (χ1n) is 7.24. The second-order valence-corrected chi connectivity index (χ2v) is 5.95. The monoisotopic (exact) mass is 340 g/mol. The number of primary amides is 1. The number of benzene rings is 2. The molecule has 3 rings (SSSR count). The number of hydrogen-bond acceptors (Lipinski definition) is 5. The Kier molecular flexibility index (Phi) is 4.81. The second kappa shape index (κ2) is 7.18. The van der Waals surface area contributed by atoms with E-state index >= 15 is 0 Å². The van der Waals surface area contributed by atoms with E-state index in [0.717, 1.165) is 22.2 Å². The van der Waals surface area contributed by atoms with Gasteiger partial charge in [0, 0.05) is 11.3 Å². The summed E-state index contributed by atoms with van der Waals surface area (Å²) in [6.07, 6.45) is 1.66. The summed E-state index contributed by atoms with van der Waals surface area (Å²) in [7, 11) is 1.64. The van der Waals surface area contributed by atoms with Gasteiger partial charge in [0.05, 0.1) is 12.8 Å². The van der Waals surface area contributed by atoms with Crippen LogP contribution in [0.15, 0.2) is 60.0 Å². The molecular formula is C17H16N4O2S. The Labute approximate surface area is 143 Å². The van der Waals surface area contributed by atoms with Gasteiger partial charge in [-0.1, -0.05) is 36.0 Å². The van der Waals surface area contributed by atoms with Gasteiger partial charge in [-0.25, -0.2) is 0 Å². The number of aromatic nitrogens is 3. The molecule has 0 spiro atoms. The molecule has 0 saturated heterocycles. The molecule has 0 atom stereocenters. The molecule has 3 aromatic rings. The van der Waals surface area contributed by atoms with Crippen LogP contribution in [-0.2, 0) is 5.75 Å². The normalized spacial score (nSPS) is 10.5. The molecule has 122 valence electrons. The minimum Gasteiger partial charge on any atom is -0.495 e. The molecule has 2 N–H and O–H groups in total. The fraction of sp³-hybridized carbons (Fsp3) is 0.118. The Balaban J connectivity index is 1.77. The van der Waals surface area contributed by atoms with Crippen molar-refractivity contribution in [2.45, 2.75) is 10.9 Å². The number of para-hydroxylation sites is 2. The zero-order valence-corrected chi connectivity index (χ0v) is 13.9. The van der Waals surface area contributed by atoms with Crippen molar-refractivity contribution in [1.29, 1.82) is 0 Å². The average molecular weight is 340 g/mol. The van der Waals surface area contributed by atoms with Crippen molar-refractivity contribution in [1.82, 2.24) is 14.8 Å². The van der Waals surface area contributed by atoms with Crippen molar-refractivity contribution in [2.75, 3.05) is 7.11 Å². The molecule has 0 aliphatic heterocycles. The molecular weight excluding hydrogens is 324 g/mol. The SMILES string of the molecule is COc1ccccc1-n1cnnc1SCc1ccc(C(N)=O)cc1. The quantitative estimate of drug-likeness (QED) is 0.698. The predicted molar refractivity (Wildman–Crippen MR) is 92.4 cm³/mol. The zero-order chi connectivity index (χ0) is 16.9. The van der Waals surface area contributed by atoms with Gasteiger partial charge in [-0.05, 0) is 29.8 Å². The first-order chi connectivity index (χ1) is 11.7. The lowest BCUT2D eigenvalue weighted by molar-refractivity contribution is 0.100. The number of nitrogens with zero attached hydrogens (tertiary/aromatic N) is 3. The van der Waals surface area contributed by atoms with E-state index in [9.17, 15) is 4.79 Å². The molecule has 1 aromatic heterocycles. The smallest absolute Gasteiger partial charge is 0.248 e. The van der Waals surface area contributed by atoms with E-state index in [1.165, 1.54) is 0 Å². The van der Waals surface area contributed by atoms with Crippen LogP contribution in [0.4, 0.5) is 0 Å². The lowest BCUT2D eigenvalue weighted by atomic mass is 10.1. The van der Waals surface area contributed by atoms with Crippen LogP contribution < -0.4 is 10.5 Å². The number of carbonyl (C=O) groups is 1. The molecule has 0 radical (unpaired) electrons. The first-order valence-corrected chi connectivity index (χ1v) is 8.22. The maximum Gasteiger partial charge on any atom is 0.248 e. The van der Waals surface area contributed by atoms with Gasteiger partial charge in [0.25, 0.3) is 0 Å². The van der Waals surface area contributed by atoms with Crippen LogP contribution in [-0.4, -0.2) is 27.8 Å². The third-order valence-corrected chi connectivity index (χ3v) is 4.48. The summed E-state index contributed by atoms with van der Waals surface area (Å²) >= 11 is 1.55. The van der Waals surface area contributed by atoms with Crippen molar-refractivity contribution >= 4 is 17.7 Å². The van der Waals surface area contributed by atoms with Crippen molar-refractivity contribution in [3.63, 3.8) is 0 Å². The predicted octanol–water partition coefficient (Wildman–Crippen LogP) is 2.67. The van der Waals surface area contributed by atoms with E-state index in [2.05, 4.69) is 10.2 Å². The van der Waals surface area contributed by atoms with Crippen LogP contribution >= 0.6 is 11.8 Å². The standard InChI is InChI=1S/C17H16N4O2S/c1-23-15-5-3-2-4-14(15)21-11-19-20-17(21)24-10-12-6-8-13(9-7-12)16(18)22/h2-9,11H,10H2,1H3,(H2,18,22). The fourth-order valence-corrected chi connectivity index (χ4v) is 3.11. The third kappa shape index (κ3) is 3.41. The Morgan fingerprint density at radius 3 is 2.67 bits per heavy atom. The van der Waals surface area contributed by atoms with Gasteiger partial charge >= 0.3 is 0 Å². The van der Waals surface area contributed by atoms with Crippen LogP contribution in [0, 0.1) is 0 Å². The van der Waals surface area contributed by atoms with Gasteiger partial charge in [0.1, 0.15) is 12.1 Å². The van der Waals surface area contributed by atoms with E-state index in [0.29, 0.717) is 11.3 Å². The van der Waals surface area contributed by atoms with E-state index in [1.54, 1.807) is 37.3 Å². The average Bonchev–Trinajstić information content (AvgIpc) is 3.08. The number of thioether (sulfide) groups is 1. The largest absolute Gasteiger partial charge is 0.495 e. The molecule has 24 heavy (non-hydrogen) atoms. The maximum atomic E-state index is 11.1. The minimum absolute atomic E-state index is 0.426. The van der Waals surface area contributed by atoms with Crippen molar-refractivity contribution in [3.05, 3.63) is 66.0 Å². The van der Waals surface area contributed by atoms with Gasteiger partial charge in [-0.3, -0.25) is 9.36 Å². The molecule has 0 fully saturated rings. The van der Waals surface area contributed by atoms with E-state index in [-0.39, 0.29) is 0 Å². The summed E-state index contributed by atoms with van der Waals surface area (Å²) in [4.78, 5) is 11.1. The number of rotatable bonds is 6. The number of ether oxygens (including phenoxy) is 1. The highest BCUT2D eigenvalue weighted by molar-refractivity contribution is 7.98. The zero-order valence-electron chi connectivity index (χ0n) is 13.0. The van der Waals surface area contributed by atoms with Gasteiger partial charge in [-0.15, -0.1) is 10.2 Å². The van der Waals surface area contributed by atoms with Crippen molar-refractivity contribution in [2.24, 2.45) is 5.73 Å². The highest BCUT2D eigenvalue weighted by atomic mass is 32.2. The summed E-state index contributed by atoms with van der Waals surface area (Å²) in [5.74, 6) is 1.03. The van der Waals surface area contributed by atoms with E-state index in [4.69, 9.17) is 10.5 Å². The second-order valence-electron chi connectivity index (χ2n) is 5.01. The maximum absolute atomic E-state index is 11.1. The van der Waals surface area contributed by atoms with Crippen LogP contribution in [0.3, 0.4) is 0 Å². The van der Waals surface area contributed by atoms with Gasteiger partial charge in [0.2, 0.25) is 5.91 Å². The Morgan fingerprint density at radius 2 is 1.96 bits per heavy atom. The van der Waals surface area contributed by atoms with Crippen LogP contribution in [0.1, 0.15) is 15.9 Å². The summed E-state index contributed by atoms with van der Waals surface area (Å²) in [5.41, 5.74) is 7.70. The Morgan fingerprint density at radius 1 is 1.21 bits per heavy atom. The highest BCUT2D eigenvalue weighted by Gasteiger charge is 2.11. The minimum atomic E-state index is -0.426. The van der Waals surface area contributed by atoms with Crippen LogP contribution in [0.2, 0.25) is 0 Å². The summed E-state index contributed by atoms with van der Waals surface area (Å²) < 4.78 is 7.28. The fourth-order valence-electron chi connectivity index (χ4n) is 2.23. The number of hydrogen-bond donors (Lipinski definition) is 1. The third-order valence-electron chi connectivity index (χ3n) is 3.47. The molecule has 0 bridgehead atoms. The van der Waals surface area contributed by atoms with Gasteiger partial charge in [0.15, 0.2) is 5.16 Å². The first kappa shape index (κ1) is 16.1. The summed E-state index contributed by atoms with van der Waals surface area (Å²) in [6.45, 7) is 0. The summed E-state index contributed by atoms with van der Waals surface area (Å²) in [6, 6.07) is 14.9. The number of amides is 1. The molecule has 0 saturated carbocycles. The van der Waals surface area contributed by atoms with Crippen molar-refractivity contribution < 1.29 is 9.53 Å². The highest BCUT2D eigenvalue weighted by Crippen LogP contribution is 2.28. The molecule has 0 aliphatic rings. The molecule has 1 amide bonds. The Bertz CT molecular complexity index is 846. The molecule has 0 aliphatic carbocycles. The van der Waals surface area contributed by atoms with E-state index < -0.39 is 5.91 Å². The van der Waals surface area contributed by atoms with Crippen LogP contribution in [0.5, 0.6) is 5.75 Å². The number of methoxy groups -OCH3 is 1.